The van der Waals surface area contributed by atoms with Gasteiger partial charge in [-0.15, -0.1) is 10.2 Å². The molecule has 1 heterocycles. The summed E-state index contributed by atoms with van der Waals surface area (Å²) >= 11 is 1.35. The number of thioether (sulfide) groups is 1. The van der Waals surface area contributed by atoms with Crippen molar-refractivity contribution >= 4 is 23.4 Å². The maximum atomic E-state index is 12.0. The summed E-state index contributed by atoms with van der Waals surface area (Å²) in [5.74, 6) is 1.66. The third-order valence-corrected chi connectivity index (χ3v) is 4.35. The highest BCUT2D eigenvalue weighted by molar-refractivity contribution is 7.99. The molecule has 0 spiro atoms. The molecule has 0 atom stereocenters. The quantitative estimate of drug-likeness (QED) is 0.603. The number of hydrogen-bond acceptors (Lipinski definition) is 6. The monoisotopic (exact) mass is 369 g/mol. The van der Waals surface area contributed by atoms with Crippen LogP contribution in [0.4, 0.5) is 5.69 Å². The van der Waals surface area contributed by atoms with Crippen molar-refractivity contribution in [1.29, 1.82) is 0 Å². The molecule has 134 valence electrons. The van der Waals surface area contributed by atoms with Gasteiger partial charge in [0.05, 0.1) is 0 Å². The molecule has 0 saturated heterocycles. The molecule has 1 aromatic heterocycles. The van der Waals surface area contributed by atoms with E-state index in [0.29, 0.717) is 23.3 Å². The SMILES string of the molecule is Cc1ccccc1NC(=O)CCSc1nnc(COc2ccccc2)o1. The molecule has 0 saturated carbocycles. The molecule has 0 aliphatic carbocycles. The van der Waals surface area contributed by atoms with Crippen molar-refractivity contribution in [3.8, 4) is 5.75 Å². The fourth-order valence-electron chi connectivity index (χ4n) is 2.17. The molecule has 0 bridgehead atoms. The average molecular weight is 369 g/mol. The summed E-state index contributed by atoms with van der Waals surface area (Å²) in [6, 6.07) is 17.1. The molecule has 1 amide bonds. The van der Waals surface area contributed by atoms with Gasteiger partial charge in [0.1, 0.15) is 5.75 Å². The van der Waals surface area contributed by atoms with Crippen molar-refractivity contribution in [2.75, 3.05) is 11.1 Å². The van der Waals surface area contributed by atoms with Gasteiger partial charge in [-0.1, -0.05) is 48.2 Å². The summed E-state index contributed by atoms with van der Waals surface area (Å²) in [5.41, 5.74) is 1.87. The Balaban J connectivity index is 1.40. The number of rotatable bonds is 8. The second kappa shape index (κ2) is 9.05. The van der Waals surface area contributed by atoms with Crippen LogP contribution in [-0.4, -0.2) is 21.9 Å². The molecule has 0 aliphatic rings. The van der Waals surface area contributed by atoms with E-state index in [1.54, 1.807) is 0 Å². The number of aryl methyl sites for hydroxylation is 1. The number of amides is 1. The van der Waals surface area contributed by atoms with Crippen LogP contribution in [0.2, 0.25) is 0 Å². The van der Waals surface area contributed by atoms with E-state index in [1.165, 1.54) is 11.8 Å². The van der Waals surface area contributed by atoms with Crippen molar-refractivity contribution in [3.63, 3.8) is 0 Å². The number of anilines is 1. The smallest absolute Gasteiger partial charge is 0.276 e. The molecule has 0 unspecified atom stereocenters. The van der Waals surface area contributed by atoms with Crippen molar-refractivity contribution in [1.82, 2.24) is 10.2 Å². The van der Waals surface area contributed by atoms with Gasteiger partial charge in [-0.3, -0.25) is 4.79 Å². The lowest BCUT2D eigenvalue weighted by molar-refractivity contribution is -0.115. The molecule has 6 nitrogen and oxygen atoms in total. The Kier molecular flexibility index (Phi) is 6.27. The lowest BCUT2D eigenvalue weighted by atomic mass is 10.2. The lowest BCUT2D eigenvalue weighted by Gasteiger charge is -2.07. The summed E-state index contributed by atoms with van der Waals surface area (Å²) in [6.07, 6.45) is 0.358. The zero-order valence-corrected chi connectivity index (χ0v) is 15.2. The lowest BCUT2D eigenvalue weighted by Crippen LogP contribution is -2.12. The number of aromatic nitrogens is 2. The third kappa shape index (κ3) is 5.35. The van der Waals surface area contributed by atoms with Crippen LogP contribution < -0.4 is 10.1 Å². The number of para-hydroxylation sites is 2. The van der Waals surface area contributed by atoms with E-state index in [4.69, 9.17) is 9.15 Å². The highest BCUT2D eigenvalue weighted by Crippen LogP contribution is 2.19. The predicted octanol–water partition coefficient (Wildman–Crippen LogP) is 4.08. The van der Waals surface area contributed by atoms with E-state index in [1.807, 2.05) is 61.5 Å². The second-order valence-corrected chi connectivity index (χ2v) is 6.57. The number of ether oxygens (including phenoxy) is 1. The molecule has 0 radical (unpaired) electrons. The Bertz CT molecular complexity index is 852. The Morgan fingerprint density at radius 3 is 2.69 bits per heavy atom. The standard InChI is InChI=1S/C19H19N3O3S/c1-14-7-5-6-10-16(14)20-17(23)11-12-26-19-22-21-18(25-19)13-24-15-8-3-2-4-9-15/h2-10H,11-13H2,1H3,(H,20,23). The number of carbonyl (C=O) groups is 1. The van der Waals surface area contributed by atoms with Crippen molar-refractivity contribution < 1.29 is 13.9 Å². The van der Waals surface area contributed by atoms with Gasteiger partial charge in [0, 0.05) is 17.9 Å². The van der Waals surface area contributed by atoms with Gasteiger partial charge >= 0.3 is 0 Å². The zero-order chi connectivity index (χ0) is 18.2. The first kappa shape index (κ1) is 18.0. The van der Waals surface area contributed by atoms with E-state index >= 15 is 0 Å². The molecule has 1 N–H and O–H groups in total. The summed E-state index contributed by atoms with van der Waals surface area (Å²) in [5, 5.41) is 11.2. The van der Waals surface area contributed by atoms with E-state index in [2.05, 4.69) is 15.5 Å². The van der Waals surface area contributed by atoms with Crippen LogP contribution in [0.5, 0.6) is 5.75 Å². The van der Waals surface area contributed by atoms with Crippen molar-refractivity contribution in [2.24, 2.45) is 0 Å². The number of carbonyl (C=O) groups excluding carboxylic acids is 1. The minimum atomic E-state index is -0.0426. The highest BCUT2D eigenvalue weighted by Gasteiger charge is 2.09. The molecule has 0 aliphatic heterocycles. The van der Waals surface area contributed by atoms with Crippen LogP contribution in [0, 0.1) is 6.92 Å². The fourth-order valence-corrected chi connectivity index (χ4v) is 2.89. The second-order valence-electron chi connectivity index (χ2n) is 5.52. The van der Waals surface area contributed by atoms with Gasteiger partial charge in [0.15, 0.2) is 6.61 Å². The van der Waals surface area contributed by atoms with Crippen molar-refractivity contribution in [3.05, 3.63) is 66.1 Å². The Hall–Kier alpha value is -2.80. The Morgan fingerprint density at radius 1 is 1.12 bits per heavy atom. The van der Waals surface area contributed by atoms with Crippen LogP contribution in [-0.2, 0) is 11.4 Å². The first-order valence-corrected chi connectivity index (χ1v) is 9.18. The van der Waals surface area contributed by atoms with Crippen LogP contribution in [0.25, 0.3) is 0 Å². The average Bonchev–Trinajstić information content (AvgIpc) is 3.11. The van der Waals surface area contributed by atoms with Gasteiger partial charge < -0.3 is 14.5 Å². The number of nitrogens with one attached hydrogen (secondary N) is 1. The Morgan fingerprint density at radius 2 is 1.88 bits per heavy atom. The predicted molar refractivity (Wildman–Crippen MR) is 100 cm³/mol. The third-order valence-electron chi connectivity index (χ3n) is 3.53. The van der Waals surface area contributed by atoms with Crippen LogP contribution in [0.3, 0.4) is 0 Å². The maximum Gasteiger partial charge on any atom is 0.276 e. The topological polar surface area (TPSA) is 77.2 Å². The van der Waals surface area contributed by atoms with E-state index in [9.17, 15) is 4.79 Å². The van der Waals surface area contributed by atoms with Gasteiger partial charge in [0.25, 0.3) is 11.1 Å². The molecular formula is C19H19N3O3S. The van der Waals surface area contributed by atoms with Gasteiger partial charge in [0.2, 0.25) is 5.91 Å². The normalized spacial score (nSPS) is 10.5. The summed E-state index contributed by atoms with van der Waals surface area (Å²) in [7, 11) is 0. The van der Waals surface area contributed by atoms with Crippen LogP contribution in [0.15, 0.2) is 64.2 Å². The largest absolute Gasteiger partial charge is 0.484 e. The number of hydrogen-bond donors (Lipinski definition) is 1. The first-order chi connectivity index (χ1) is 12.7. The maximum absolute atomic E-state index is 12.0. The molecule has 7 heteroatoms. The van der Waals surface area contributed by atoms with E-state index < -0.39 is 0 Å². The van der Waals surface area contributed by atoms with Gasteiger partial charge in [-0.2, -0.15) is 0 Å². The minimum Gasteiger partial charge on any atom is -0.484 e. The summed E-state index contributed by atoms with van der Waals surface area (Å²) in [4.78, 5) is 12.0. The summed E-state index contributed by atoms with van der Waals surface area (Å²) in [6.45, 7) is 2.17. The van der Waals surface area contributed by atoms with E-state index in [0.717, 1.165) is 17.0 Å². The molecular weight excluding hydrogens is 350 g/mol. The molecule has 0 fully saturated rings. The summed E-state index contributed by atoms with van der Waals surface area (Å²) < 4.78 is 11.1. The minimum absolute atomic E-state index is 0.0426. The Labute approximate surface area is 156 Å². The molecule has 26 heavy (non-hydrogen) atoms. The zero-order valence-electron chi connectivity index (χ0n) is 14.3. The number of nitrogens with zero attached hydrogens (tertiary/aromatic N) is 2. The van der Waals surface area contributed by atoms with Crippen LogP contribution in [0.1, 0.15) is 17.9 Å². The first-order valence-electron chi connectivity index (χ1n) is 8.19. The van der Waals surface area contributed by atoms with Crippen molar-refractivity contribution in [2.45, 2.75) is 25.2 Å². The molecule has 3 rings (SSSR count). The molecule has 3 aromatic rings. The van der Waals surface area contributed by atoms with Crippen LogP contribution >= 0.6 is 11.8 Å². The van der Waals surface area contributed by atoms with Gasteiger partial charge in [-0.25, -0.2) is 0 Å². The highest BCUT2D eigenvalue weighted by atomic mass is 32.2. The van der Waals surface area contributed by atoms with Gasteiger partial charge in [-0.05, 0) is 30.7 Å². The molecule has 2 aromatic carbocycles. The number of benzene rings is 2. The van der Waals surface area contributed by atoms with E-state index in [-0.39, 0.29) is 12.5 Å². The fraction of sp³-hybridized carbons (Fsp3) is 0.211.